The molecule has 7 heteroatoms. The highest BCUT2D eigenvalue weighted by Crippen LogP contribution is 2.20. The fourth-order valence-electron chi connectivity index (χ4n) is 2.37. The zero-order chi connectivity index (χ0) is 15.5. The van der Waals surface area contributed by atoms with E-state index in [9.17, 15) is 13.2 Å². The van der Waals surface area contributed by atoms with Crippen LogP contribution in [0.4, 0.5) is 5.69 Å². The van der Waals surface area contributed by atoms with Crippen molar-refractivity contribution < 1.29 is 17.9 Å². The molecular weight excluding hydrogens is 292 g/mol. The second kappa shape index (κ2) is 6.34. The molecule has 1 fully saturated rings. The summed E-state index contributed by atoms with van der Waals surface area (Å²) in [6, 6.07) is 6.82. The van der Waals surface area contributed by atoms with Crippen LogP contribution in [-0.2, 0) is 14.6 Å². The number of para-hydroxylation sites is 2. The number of rotatable bonds is 4. The molecular formula is C14H20N2O4S. The maximum atomic E-state index is 12.1. The zero-order valence-corrected chi connectivity index (χ0v) is 12.8. The first-order valence-electron chi connectivity index (χ1n) is 6.86. The average Bonchev–Trinajstić information content (AvgIpc) is 2.39. The predicted molar refractivity (Wildman–Crippen MR) is 80.8 cm³/mol. The molecule has 21 heavy (non-hydrogen) atoms. The number of hydrogen-bond acceptors (Lipinski definition) is 5. The van der Waals surface area contributed by atoms with E-state index in [4.69, 9.17) is 10.5 Å². The van der Waals surface area contributed by atoms with Crippen molar-refractivity contribution in [3.63, 3.8) is 0 Å². The lowest BCUT2D eigenvalue weighted by Crippen LogP contribution is -2.50. The van der Waals surface area contributed by atoms with E-state index < -0.39 is 9.84 Å². The lowest BCUT2D eigenvalue weighted by molar-refractivity contribution is -0.133. The molecule has 1 aliphatic rings. The lowest BCUT2D eigenvalue weighted by atomic mass is 10.2. The Balaban J connectivity index is 1.84. The zero-order valence-electron chi connectivity index (χ0n) is 12.0. The minimum atomic E-state index is -3.01. The van der Waals surface area contributed by atoms with E-state index in [1.54, 1.807) is 24.0 Å². The van der Waals surface area contributed by atoms with Gasteiger partial charge in [-0.1, -0.05) is 12.1 Å². The number of ether oxygens (including phenoxy) is 1. The first-order chi connectivity index (χ1) is 9.89. The van der Waals surface area contributed by atoms with Gasteiger partial charge in [0.05, 0.1) is 30.2 Å². The van der Waals surface area contributed by atoms with Crippen LogP contribution in [0.5, 0.6) is 5.75 Å². The van der Waals surface area contributed by atoms with Crippen LogP contribution in [0, 0.1) is 0 Å². The van der Waals surface area contributed by atoms with Gasteiger partial charge < -0.3 is 15.4 Å². The van der Waals surface area contributed by atoms with Gasteiger partial charge in [0.1, 0.15) is 5.75 Å². The molecule has 0 bridgehead atoms. The molecule has 1 unspecified atom stereocenters. The van der Waals surface area contributed by atoms with Crippen molar-refractivity contribution in [2.75, 3.05) is 30.4 Å². The minimum Gasteiger partial charge on any atom is -0.491 e. The Labute approximate surface area is 124 Å². The molecule has 2 rings (SSSR count). The average molecular weight is 312 g/mol. The van der Waals surface area contributed by atoms with Gasteiger partial charge in [0.15, 0.2) is 9.84 Å². The summed E-state index contributed by atoms with van der Waals surface area (Å²) in [6.07, 6.45) is 0.207. The standard InChI is InChI=1S/C14H20N2O4S/c1-11-10-21(18,19)9-7-16(11)14(17)6-8-20-13-5-3-2-4-12(13)15/h2-5,11H,6-10,15H2,1H3. The number of carbonyl (C=O) groups is 1. The third-order valence-corrected chi connectivity index (χ3v) is 5.28. The van der Waals surface area contributed by atoms with Crippen molar-refractivity contribution in [3.8, 4) is 5.75 Å². The highest BCUT2D eigenvalue weighted by atomic mass is 32.2. The van der Waals surface area contributed by atoms with Crippen molar-refractivity contribution >= 4 is 21.4 Å². The summed E-state index contributed by atoms with van der Waals surface area (Å²) >= 11 is 0. The number of carbonyl (C=O) groups excluding carboxylic acids is 1. The van der Waals surface area contributed by atoms with Gasteiger partial charge in [-0.05, 0) is 19.1 Å². The monoisotopic (exact) mass is 312 g/mol. The number of nitrogen functional groups attached to an aromatic ring is 1. The molecule has 0 aromatic heterocycles. The molecule has 0 radical (unpaired) electrons. The van der Waals surface area contributed by atoms with Gasteiger partial charge >= 0.3 is 0 Å². The smallest absolute Gasteiger partial charge is 0.226 e. The van der Waals surface area contributed by atoms with E-state index >= 15 is 0 Å². The predicted octanol–water partition coefficient (Wildman–Crippen LogP) is 0.683. The number of benzene rings is 1. The van der Waals surface area contributed by atoms with E-state index in [0.29, 0.717) is 11.4 Å². The Bertz CT molecular complexity index is 615. The largest absolute Gasteiger partial charge is 0.491 e. The van der Waals surface area contributed by atoms with Gasteiger partial charge in [0, 0.05) is 12.6 Å². The van der Waals surface area contributed by atoms with Gasteiger partial charge in [0.25, 0.3) is 0 Å². The van der Waals surface area contributed by atoms with Crippen LogP contribution in [-0.4, -0.2) is 49.9 Å². The van der Waals surface area contributed by atoms with Crippen LogP contribution in [0.2, 0.25) is 0 Å². The van der Waals surface area contributed by atoms with Crippen LogP contribution in [0.25, 0.3) is 0 Å². The number of anilines is 1. The summed E-state index contributed by atoms with van der Waals surface area (Å²) in [4.78, 5) is 13.7. The molecule has 1 atom stereocenters. The van der Waals surface area contributed by atoms with E-state index in [1.807, 2.05) is 12.1 Å². The van der Waals surface area contributed by atoms with Gasteiger partial charge in [-0.2, -0.15) is 0 Å². The maximum Gasteiger partial charge on any atom is 0.226 e. The Morgan fingerprint density at radius 1 is 1.43 bits per heavy atom. The third-order valence-electron chi connectivity index (χ3n) is 3.48. The molecule has 0 saturated carbocycles. The quantitative estimate of drug-likeness (QED) is 0.826. The van der Waals surface area contributed by atoms with Crippen molar-refractivity contribution in [2.45, 2.75) is 19.4 Å². The Morgan fingerprint density at radius 2 is 2.14 bits per heavy atom. The van der Waals surface area contributed by atoms with E-state index in [2.05, 4.69) is 0 Å². The minimum absolute atomic E-state index is 0.0330. The van der Waals surface area contributed by atoms with E-state index in [1.165, 1.54) is 0 Å². The summed E-state index contributed by atoms with van der Waals surface area (Å²) in [7, 11) is -3.01. The van der Waals surface area contributed by atoms with Crippen molar-refractivity contribution in [3.05, 3.63) is 24.3 Å². The van der Waals surface area contributed by atoms with Crippen LogP contribution < -0.4 is 10.5 Å². The summed E-state index contributed by atoms with van der Waals surface area (Å²) in [5.41, 5.74) is 6.28. The Kier molecular flexibility index (Phi) is 4.72. The fraction of sp³-hybridized carbons (Fsp3) is 0.500. The number of sulfone groups is 1. The fourth-order valence-corrected chi connectivity index (χ4v) is 3.93. The summed E-state index contributed by atoms with van der Waals surface area (Å²) in [5.74, 6) is 0.535. The maximum absolute atomic E-state index is 12.1. The normalized spacial score (nSPS) is 21.0. The van der Waals surface area contributed by atoms with Crippen LogP contribution in [0.1, 0.15) is 13.3 Å². The second-order valence-corrected chi connectivity index (χ2v) is 7.42. The SMILES string of the molecule is CC1CS(=O)(=O)CCN1C(=O)CCOc1ccccc1N. The number of amides is 1. The van der Waals surface area contributed by atoms with Gasteiger partial charge in [-0.25, -0.2) is 8.42 Å². The molecule has 1 aromatic rings. The van der Waals surface area contributed by atoms with Crippen molar-refractivity contribution in [2.24, 2.45) is 0 Å². The molecule has 0 spiro atoms. The molecule has 1 saturated heterocycles. The van der Waals surface area contributed by atoms with Crippen molar-refractivity contribution in [1.29, 1.82) is 0 Å². The van der Waals surface area contributed by atoms with Crippen LogP contribution >= 0.6 is 0 Å². The summed E-state index contributed by atoms with van der Waals surface area (Å²) < 4.78 is 28.5. The van der Waals surface area contributed by atoms with E-state index in [-0.39, 0.29) is 43.0 Å². The topological polar surface area (TPSA) is 89.7 Å². The Morgan fingerprint density at radius 3 is 2.81 bits per heavy atom. The molecule has 2 N–H and O–H groups in total. The van der Waals surface area contributed by atoms with Crippen molar-refractivity contribution in [1.82, 2.24) is 4.90 Å². The first kappa shape index (κ1) is 15.6. The van der Waals surface area contributed by atoms with Gasteiger partial charge in [-0.15, -0.1) is 0 Å². The molecule has 1 heterocycles. The van der Waals surface area contributed by atoms with Crippen LogP contribution in [0.15, 0.2) is 24.3 Å². The highest BCUT2D eigenvalue weighted by molar-refractivity contribution is 7.91. The summed E-state index contributed by atoms with van der Waals surface area (Å²) in [5, 5.41) is 0. The number of nitrogens with zero attached hydrogens (tertiary/aromatic N) is 1. The number of nitrogens with two attached hydrogens (primary N) is 1. The molecule has 116 valence electrons. The second-order valence-electron chi connectivity index (χ2n) is 5.19. The van der Waals surface area contributed by atoms with Gasteiger partial charge in [0.2, 0.25) is 5.91 Å². The molecule has 1 aliphatic heterocycles. The molecule has 6 nitrogen and oxygen atoms in total. The highest BCUT2D eigenvalue weighted by Gasteiger charge is 2.30. The lowest BCUT2D eigenvalue weighted by Gasteiger charge is -2.33. The van der Waals surface area contributed by atoms with Gasteiger partial charge in [-0.3, -0.25) is 4.79 Å². The number of hydrogen-bond donors (Lipinski definition) is 1. The van der Waals surface area contributed by atoms with Crippen LogP contribution in [0.3, 0.4) is 0 Å². The summed E-state index contributed by atoms with van der Waals surface area (Å²) in [6.45, 7) is 2.24. The third kappa shape index (κ3) is 4.10. The first-order valence-corrected chi connectivity index (χ1v) is 8.68. The Hall–Kier alpha value is -1.76. The molecule has 1 aromatic carbocycles. The van der Waals surface area contributed by atoms with E-state index in [0.717, 1.165) is 0 Å². The molecule has 1 amide bonds. The molecule has 0 aliphatic carbocycles.